The van der Waals surface area contributed by atoms with Gasteiger partial charge in [-0.25, -0.2) is 4.39 Å². The molecule has 1 aromatic rings. The maximum Gasteiger partial charge on any atom is 0.251 e. The highest BCUT2D eigenvalue weighted by molar-refractivity contribution is 9.10. The Morgan fingerprint density at radius 3 is 2.76 bits per heavy atom. The SMILES string of the molecule is NC1(CNC(=O)c2ccc(Br)c(F)c2)CCC1. The summed E-state index contributed by atoms with van der Waals surface area (Å²) in [5, 5.41) is 2.74. The molecule has 1 saturated carbocycles. The molecular weight excluding hydrogens is 287 g/mol. The van der Waals surface area contributed by atoms with Gasteiger partial charge in [-0.3, -0.25) is 4.79 Å². The van der Waals surface area contributed by atoms with Crippen molar-refractivity contribution in [2.75, 3.05) is 6.54 Å². The molecule has 1 fully saturated rings. The van der Waals surface area contributed by atoms with Gasteiger partial charge in [-0.15, -0.1) is 0 Å². The van der Waals surface area contributed by atoms with E-state index in [4.69, 9.17) is 5.73 Å². The molecule has 0 spiro atoms. The number of carbonyl (C=O) groups is 1. The van der Waals surface area contributed by atoms with E-state index in [9.17, 15) is 9.18 Å². The summed E-state index contributed by atoms with van der Waals surface area (Å²) in [7, 11) is 0. The lowest BCUT2D eigenvalue weighted by molar-refractivity contribution is 0.0929. The molecule has 5 heteroatoms. The van der Waals surface area contributed by atoms with Crippen LogP contribution in [0.15, 0.2) is 22.7 Å². The molecule has 0 saturated heterocycles. The predicted octanol–water partition coefficient (Wildman–Crippen LogP) is 2.20. The zero-order valence-electron chi connectivity index (χ0n) is 9.30. The summed E-state index contributed by atoms with van der Waals surface area (Å²) < 4.78 is 13.6. The minimum absolute atomic E-state index is 0.260. The second-order valence-electron chi connectivity index (χ2n) is 4.53. The zero-order chi connectivity index (χ0) is 12.5. The van der Waals surface area contributed by atoms with Gasteiger partial charge in [-0.05, 0) is 53.4 Å². The summed E-state index contributed by atoms with van der Waals surface area (Å²) >= 11 is 3.04. The van der Waals surface area contributed by atoms with E-state index >= 15 is 0 Å². The Balaban J connectivity index is 1.97. The van der Waals surface area contributed by atoms with Gasteiger partial charge < -0.3 is 11.1 Å². The molecular formula is C12H14BrFN2O. The van der Waals surface area contributed by atoms with Gasteiger partial charge in [0.15, 0.2) is 0 Å². The summed E-state index contributed by atoms with van der Waals surface area (Å²) in [6, 6.07) is 4.31. The van der Waals surface area contributed by atoms with Crippen molar-refractivity contribution in [2.24, 2.45) is 5.73 Å². The molecule has 0 aromatic heterocycles. The van der Waals surface area contributed by atoms with E-state index in [2.05, 4.69) is 21.2 Å². The van der Waals surface area contributed by atoms with Crippen LogP contribution < -0.4 is 11.1 Å². The quantitative estimate of drug-likeness (QED) is 0.899. The summed E-state index contributed by atoms with van der Waals surface area (Å²) in [4.78, 5) is 11.7. The van der Waals surface area contributed by atoms with Crippen LogP contribution in [0.4, 0.5) is 4.39 Å². The number of carbonyl (C=O) groups excluding carboxylic acids is 1. The zero-order valence-corrected chi connectivity index (χ0v) is 10.9. The molecule has 0 heterocycles. The van der Waals surface area contributed by atoms with Crippen molar-refractivity contribution < 1.29 is 9.18 Å². The molecule has 2 rings (SSSR count). The predicted molar refractivity (Wildman–Crippen MR) is 67.2 cm³/mol. The third kappa shape index (κ3) is 2.84. The number of nitrogens with one attached hydrogen (secondary N) is 1. The largest absolute Gasteiger partial charge is 0.350 e. The molecule has 0 radical (unpaired) electrons. The van der Waals surface area contributed by atoms with Crippen molar-refractivity contribution >= 4 is 21.8 Å². The first-order chi connectivity index (χ1) is 8.00. The monoisotopic (exact) mass is 300 g/mol. The van der Waals surface area contributed by atoms with E-state index in [0.29, 0.717) is 16.6 Å². The average Bonchev–Trinajstić information content (AvgIpc) is 2.27. The molecule has 92 valence electrons. The van der Waals surface area contributed by atoms with E-state index in [0.717, 1.165) is 19.3 Å². The van der Waals surface area contributed by atoms with Gasteiger partial charge in [0.25, 0.3) is 5.91 Å². The van der Waals surface area contributed by atoms with Crippen LogP contribution in [0.25, 0.3) is 0 Å². The van der Waals surface area contributed by atoms with E-state index in [1.165, 1.54) is 12.1 Å². The Morgan fingerprint density at radius 2 is 2.24 bits per heavy atom. The van der Waals surface area contributed by atoms with Gasteiger partial charge in [-0.2, -0.15) is 0 Å². The highest BCUT2D eigenvalue weighted by Gasteiger charge is 2.32. The second kappa shape index (κ2) is 4.74. The molecule has 0 unspecified atom stereocenters. The highest BCUT2D eigenvalue weighted by atomic mass is 79.9. The maximum atomic E-state index is 13.2. The molecule has 3 N–H and O–H groups in total. The molecule has 3 nitrogen and oxygen atoms in total. The highest BCUT2D eigenvalue weighted by Crippen LogP contribution is 2.28. The minimum Gasteiger partial charge on any atom is -0.350 e. The maximum absolute atomic E-state index is 13.2. The van der Waals surface area contributed by atoms with Gasteiger partial charge in [0, 0.05) is 17.6 Å². The standard InChI is InChI=1S/C12H14BrFN2O/c13-9-3-2-8(6-10(9)14)11(17)16-7-12(15)4-1-5-12/h2-3,6H,1,4-5,7,15H2,(H,16,17). The third-order valence-corrected chi connectivity index (χ3v) is 3.78. The molecule has 1 amide bonds. The lowest BCUT2D eigenvalue weighted by Gasteiger charge is -2.38. The lowest BCUT2D eigenvalue weighted by Crippen LogP contribution is -2.54. The third-order valence-electron chi connectivity index (χ3n) is 3.13. The van der Waals surface area contributed by atoms with Gasteiger partial charge in [-0.1, -0.05) is 0 Å². The van der Waals surface area contributed by atoms with Crippen molar-refractivity contribution in [2.45, 2.75) is 24.8 Å². The average molecular weight is 301 g/mol. The lowest BCUT2D eigenvalue weighted by atomic mass is 9.78. The van der Waals surface area contributed by atoms with Crippen LogP contribution in [0.2, 0.25) is 0 Å². The first-order valence-corrected chi connectivity index (χ1v) is 6.32. The Kier molecular flexibility index (Phi) is 3.49. The first-order valence-electron chi connectivity index (χ1n) is 5.52. The fraction of sp³-hybridized carbons (Fsp3) is 0.417. The number of nitrogens with two attached hydrogens (primary N) is 1. The fourth-order valence-electron chi connectivity index (χ4n) is 1.80. The molecule has 0 bridgehead atoms. The van der Waals surface area contributed by atoms with Crippen molar-refractivity contribution in [3.05, 3.63) is 34.1 Å². The number of hydrogen-bond acceptors (Lipinski definition) is 2. The summed E-state index contributed by atoms with van der Waals surface area (Å²) in [5.41, 5.74) is 6.04. The second-order valence-corrected chi connectivity index (χ2v) is 5.38. The molecule has 0 atom stereocenters. The molecule has 1 aliphatic carbocycles. The number of benzene rings is 1. The molecule has 1 aromatic carbocycles. The first kappa shape index (κ1) is 12.5. The van der Waals surface area contributed by atoms with Crippen LogP contribution in [0.1, 0.15) is 29.6 Å². The Hall–Kier alpha value is -0.940. The van der Waals surface area contributed by atoms with Gasteiger partial charge in [0.1, 0.15) is 5.82 Å². The van der Waals surface area contributed by atoms with Crippen molar-refractivity contribution in [3.8, 4) is 0 Å². The van der Waals surface area contributed by atoms with Crippen LogP contribution in [-0.2, 0) is 0 Å². The van der Waals surface area contributed by atoms with Crippen LogP contribution in [0.5, 0.6) is 0 Å². The number of hydrogen-bond donors (Lipinski definition) is 2. The van der Waals surface area contributed by atoms with Crippen LogP contribution in [0, 0.1) is 5.82 Å². The summed E-state index contributed by atoms with van der Waals surface area (Å²) in [6.07, 6.45) is 2.98. The van der Waals surface area contributed by atoms with Gasteiger partial charge in [0.05, 0.1) is 4.47 Å². The number of rotatable bonds is 3. The van der Waals surface area contributed by atoms with Crippen LogP contribution >= 0.6 is 15.9 Å². The Bertz CT molecular complexity index is 446. The molecule has 1 aliphatic rings. The number of halogens is 2. The summed E-state index contributed by atoms with van der Waals surface area (Å²) in [6.45, 7) is 0.448. The Labute approximate surface area is 108 Å². The van der Waals surface area contributed by atoms with Crippen molar-refractivity contribution in [1.82, 2.24) is 5.32 Å². The number of amides is 1. The van der Waals surface area contributed by atoms with Crippen molar-refractivity contribution in [3.63, 3.8) is 0 Å². The smallest absolute Gasteiger partial charge is 0.251 e. The van der Waals surface area contributed by atoms with Crippen LogP contribution in [0.3, 0.4) is 0 Å². The van der Waals surface area contributed by atoms with E-state index < -0.39 is 5.82 Å². The molecule has 0 aliphatic heterocycles. The normalized spacial score (nSPS) is 17.4. The minimum atomic E-state index is -0.441. The van der Waals surface area contributed by atoms with Gasteiger partial charge in [0.2, 0.25) is 0 Å². The van der Waals surface area contributed by atoms with E-state index in [1.54, 1.807) is 6.07 Å². The van der Waals surface area contributed by atoms with Crippen LogP contribution in [-0.4, -0.2) is 18.0 Å². The molecule has 17 heavy (non-hydrogen) atoms. The van der Waals surface area contributed by atoms with Crippen molar-refractivity contribution in [1.29, 1.82) is 0 Å². The fourth-order valence-corrected chi connectivity index (χ4v) is 2.05. The van der Waals surface area contributed by atoms with Gasteiger partial charge >= 0.3 is 0 Å². The Morgan fingerprint density at radius 1 is 1.53 bits per heavy atom. The van der Waals surface area contributed by atoms with E-state index in [1.807, 2.05) is 0 Å². The van der Waals surface area contributed by atoms with E-state index in [-0.39, 0.29) is 11.4 Å². The topological polar surface area (TPSA) is 55.1 Å². The summed E-state index contributed by atoms with van der Waals surface area (Å²) in [5.74, 6) is -0.725.